The number of nitro groups is 1. The number of thiazole rings is 1. The predicted molar refractivity (Wildman–Crippen MR) is 126 cm³/mol. The SMILES string of the molecule is Cc1ccc([C@H]2CC(c3cccs3)=NN2c2nc(-c3ccc([N+](=O)[O-])cc3)cs2)cc1. The fourth-order valence-corrected chi connectivity index (χ4v) is 5.14. The van der Waals surface area contributed by atoms with Gasteiger partial charge in [-0.1, -0.05) is 35.9 Å². The monoisotopic (exact) mass is 446 g/mol. The molecule has 154 valence electrons. The fourth-order valence-electron chi connectivity index (χ4n) is 3.58. The number of anilines is 1. The van der Waals surface area contributed by atoms with Crippen LogP contribution < -0.4 is 5.01 Å². The minimum atomic E-state index is -0.395. The molecule has 1 atom stereocenters. The van der Waals surface area contributed by atoms with Crippen LogP contribution in [0.25, 0.3) is 11.3 Å². The van der Waals surface area contributed by atoms with E-state index in [1.807, 2.05) is 16.5 Å². The Labute approximate surface area is 187 Å². The van der Waals surface area contributed by atoms with Crippen molar-refractivity contribution < 1.29 is 4.92 Å². The second kappa shape index (κ2) is 8.05. The smallest absolute Gasteiger partial charge is 0.258 e. The number of aromatic nitrogens is 1. The quantitative estimate of drug-likeness (QED) is 0.261. The zero-order chi connectivity index (χ0) is 21.4. The third-order valence-corrected chi connectivity index (χ3v) is 6.99. The van der Waals surface area contributed by atoms with Crippen LogP contribution >= 0.6 is 22.7 Å². The van der Waals surface area contributed by atoms with Crippen molar-refractivity contribution in [3.05, 3.63) is 97.5 Å². The molecule has 0 saturated heterocycles. The Balaban J connectivity index is 1.49. The van der Waals surface area contributed by atoms with E-state index in [1.54, 1.807) is 23.5 Å². The Morgan fingerprint density at radius 2 is 1.84 bits per heavy atom. The molecule has 31 heavy (non-hydrogen) atoms. The number of hydrazone groups is 1. The fraction of sp³-hybridized carbons (Fsp3) is 0.130. The van der Waals surface area contributed by atoms with Gasteiger partial charge in [0.1, 0.15) is 0 Å². The van der Waals surface area contributed by atoms with Gasteiger partial charge in [-0.25, -0.2) is 9.99 Å². The molecular formula is C23H18N4O2S2. The normalized spacial score (nSPS) is 15.8. The van der Waals surface area contributed by atoms with Gasteiger partial charge in [0.15, 0.2) is 0 Å². The van der Waals surface area contributed by atoms with E-state index in [0.717, 1.165) is 28.5 Å². The molecule has 0 aliphatic carbocycles. The molecule has 0 N–H and O–H groups in total. The van der Waals surface area contributed by atoms with E-state index in [-0.39, 0.29) is 11.7 Å². The van der Waals surface area contributed by atoms with Gasteiger partial charge in [0, 0.05) is 29.5 Å². The van der Waals surface area contributed by atoms with Crippen molar-refractivity contribution in [2.24, 2.45) is 5.10 Å². The molecule has 3 heterocycles. The van der Waals surface area contributed by atoms with Crippen LogP contribution in [0.15, 0.2) is 76.5 Å². The van der Waals surface area contributed by atoms with Crippen LogP contribution in [0.3, 0.4) is 0 Å². The van der Waals surface area contributed by atoms with Crippen LogP contribution in [0, 0.1) is 17.0 Å². The van der Waals surface area contributed by atoms with E-state index < -0.39 is 4.92 Å². The number of thiophene rings is 1. The Morgan fingerprint density at radius 1 is 1.06 bits per heavy atom. The molecule has 2 aromatic carbocycles. The average molecular weight is 447 g/mol. The Bertz CT molecular complexity index is 1250. The largest absolute Gasteiger partial charge is 0.269 e. The molecule has 6 nitrogen and oxygen atoms in total. The summed E-state index contributed by atoms with van der Waals surface area (Å²) >= 11 is 3.22. The van der Waals surface area contributed by atoms with Gasteiger partial charge in [-0.2, -0.15) is 5.10 Å². The average Bonchev–Trinajstić information content (AvgIpc) is 3.54. The second-order valence-electron chi connectivity index (χ2n) is 7.32. The molecule has 0 fully saturated rings. The lowest BCUT2D eigenvalue weighted by atomic mass is 10.0. The van der Waals surface area contributed by atoms with Crippen molar-refractivity contribution in [2.75, 3.05) is 5.01 Å². The van der Waals surface area contributed by atoms with Crippen molar-refractivity contribution in [1.29, 1.82) is 0 Å². The molecule has 0 bridgehead atoms. The predicted octanol–water partition coefficient (Wildman–Crippen LogP) is 6.44. The highest BCUT2D eigenvalue weighted by Crippen LogP contribution is 2.40. The van der Waals surface area contributed by atoms with Gasteiger partial charge in [-0.05, 0) is 36.1 Å². The van der Waals surface area contributed by atoms with E-state index in [9.17, 15) is 10.1 Å². The molecule has 0 amide bonds. The molecule has 4 aromatic rings. The number of aryl methyl sites for hydroxylation is 1. The van der Waals surface area contributed by atoms with Crippen molar-refractivity contribution in [1.82, 2.24) is 4.98 Å². The van der Waals surface area contributed by atoms with Crippen LogP contribution in [0.2, 0.25) is 0 Å². The summed E-state index contributed by atoms with van der Waals surface area (Å²) in [5.74, 6) is 0. The first-order valence-corrected chi connectivity index (χ1v) is 11.5. The van der Waals surface area contributed by atoms with Gasteiger partial charge < -0.3 is 0 Å². The highest BCUT2D eigenvalue weighted by Gasteiger charge is 2.32. The van der Waals surface area contributed by atoms with Crippen molar-refractivity contribution >= 4 is 39.2 Å². The number of non-ortho nitro benzene ring substituents is 1. The van der Waals surface area contributed by atoms with Gasteiger partial charge in [-0.15, -0.1) is 22.7 Å². The Kier molecular flexibility index (Phi) is 5.09. The molecule has 1 aliphatic heterocycles. The van der Waals surface area contributed by atoms with E-state index >= 15 is 0 Å². The number of nitrogens with zero attached hydrogens (tertiary/aromatic N) is 4. The standard InChI is InChI=1S/C23H18N4O2S2/c1-15-4-6-17(7-5-15)21-13-19(22-3-2-12-30-22)25-26(21)23-24-20(14-31-23)16-8-10-18(11-9-16)27(28)29/h2-12,14,21H,13H2,1H3/t21-/m1/s1. The lowest BCUT2D eigenvalue weighted by Crippen LogP contribution is -2.18. The van der Waals surface area contributed by atoms with E-state index in [2.05, 4.69) is 42.6 Å². The minimum Gasteiger partial charge on any atom is -0.258 e. The van der Waals surface area contributed by atoms with E-state index in [0.29, 0.717) is 0 Å². The Hall–Kier alpha value is -3.36. The van der Waals surface area contributed by atoms with Crippen molar-refractivity contribution in [3.63, 3.8) is 0 Å². The summed E-state index contributed by atoms with van der Waals surface area (Å²) in [4.78, 5) is 16.5. The number of nitro benzene ring substituents is 1. The summed E-state index contributed by atoms with van der Waals surface area (Å²) in [6.07, 6.45) is 0.815. The maximum absolute atomic E-state index is 10.9. The number of hydrogen-bond donors (Lipinski definition) is 0. The first-order chi connectivity index (χ1) is 15.1. The molecule has 8 heteroatoms. The number of hydrogen-bond acceptors (Lipinski definition) is 7. The van der Waals surface area contributed by atoms with Crippen molar-refractivity contribution in [2.45, 2.75) is 19.4 Å². The number of benzene rings is 2. The lowest BCUT2D eigenvalue weighted by Gasteiger charge is -2.21. The summed E-state index contributed by atoms with van der Waals surface area (Å²) in [7, 11) is 0. The van der Waals surface area contributed by atoms with Crippen LogP contribution in [-0.4, -0.2) is 15.6 Å². The van der Waals surface area contributed by atoms with Crippen molar-refractivity contribution in [3.8, 4) is 11.3 Å². The summed E-state index contributed by atoms with van der Waals surface area (Å²) in [5.41, 5.74) is 5.20. The second-order valence-corrected chi connectivity index (χ2v) is 9.10. The highest BCUT2D eigenvalue weighted by molar-refractivity contribution is 7.14. The molecule has 0 unspecified atom stereocenters. The van der Waals surface area contributed by atoms with Crippen LogP contribution in [0.1, 0.15) is 28.5 Å². The van der Waals surface area contributed by atoms with Gasteiger partial charge in [0.2, 0.25) is 5.13 Å². The van der Waals surface area contributed by atoms with Crippen LogP contribution in [0.5, 0.6) is 0 Å². The lowest BCUT2D eigenvalue weighted by molar-refractivity contribution is -0.384. The third-order valence-electron chi connectivity index (χ3n) is 5.24. The van der Waals surface area contributed by atoms with Gasteiger partial charge >= 0.3 is 0 Å². The third kappa shape index (κ3) is 3.87. The van der Waals surface area contributed by atoms with Crippen LogP contribution in [-0.2, 0) is 0 Å². The summed E-state index contributed by atoms with van der Waals surface area (Å²) < 4.78 is 0. The highest BCUT2D eigenvalue weighted by atomic mass is 32.1. The van der Waals surface area contributed by atoms with E-state index in [1.165, 1.54) is 39.5 Å². The molecular weight excluding hydrogens is 428 g/mol. The molecule has 1 aliphatic rings. The van der Waals surface area contributed by atoms with E-state index in [4.69, 9.17) is 10.1 Å². The molecule has 5 rings (SSSR count). The molecule has 0 radical (unpaired) electrons. The number of rotatable bonds is 5. The van der Waals surface area contributed by atoms with Gasteiger partial charge in [0.25, 0.3) is 5.69 Å². The molecule has 0 spiro atoms. The maximum atomic E-state index is 10.9. The summed E-state index contributed by atoms with van der Waals surface area (Å²) in [5, 5.41) is 22.7. The molecule has 0 saturated carbocycles. The summed E-state index contributed by atoms with van der Waals surface area (Å²) in [6, 6.07) is 19.3. The Morgan fingerprint density at radius 3 is 2.52 bits per heavy atom. The zero-order valence-corrected chi connectivity index (χ0v) is 18.3. The van der Waals surface area contributed by atoms with Gasteiger partial charge in [0.05, 0.1) is 27.2 Å². The zero-order valence-electron chi connectivity index (χ0n) is 16.6. The van der Waals surface area contributed by atoms with Gasteiger partial charge in [-0.3, -0.25) is 10.1 Å². The minimum absolute atomic E-state index is 0.0726. The first kappa shape index (κ1) is 19.6. The molecule has 2 aromatic heterocycles. The summed E-state index contributed by atoms with van der Waals surface area (Å²) in [6.45, 7) is 2.08. The first-order valence-electron chi connectivity index (χ1n) is 9.76. The maximum Gasteiger partial charge on any atom is 0.269 e. The van der Waals surface area contributed by atoms with Crippen LogP contribution in [0.4, 0.5) is 10.8 Å². The topological polar surface area (TPSA) is 71.6 Å².